The Morgan fingerprint density at radius 2 is 1.68 bits per heavy atom. The van der Waals surface area contributed by atoms with E-state index in [2.05, 4.69) is 4.98 Å². The summed E-state index contributed by atoms with van der Waals surface area (Å²) >= 11 is 0. The maximum Gasteiger partial charge on any atom is 0.330 e. The molecule has 4 rings (SSSR count). The first-order chi connectivity index (χ1) is 15.1. The number of aromatic amines is 1. The van der Waals surface area contributed by atoms with Gasteiger partial charge >= 0.3 is 5.69 Å². The summed E-state index contributed by atoms with van der Waals surface area (Å²) in [5, 5.41) is 19.2. The number of hydrogen-bond acceptors (Lipinski definition) is 6. The quantitative estimate of drug-likeness (QED) is 0.530. The highest BCUT2D eigenvalue weighted by atomic mass is 16.5. The van der Waals surface area contributed by atoms with Crippen LogP contribution in [0.5, 0.6) is 0 Å². The van der Waals surface area contributed by atoms with E-state index in [1.54, 1.807) is 0 Å². The number of ether oxygens (including phenoxy) is 2. The summed E-state index contributed by atoms with van der Waals surface area (Å²) in [4.78, 5) is 27.0. The van der Waals surface area contributed by atoms with Gasteiger partial charge in [0.2, 0.25) is 0 Å². The molecule has 3 N–H and O–H groups in total. The van der Waals surface area contributed by atoms with E-state index in [0.29, 0.717) is 0 Å². The summed E-state index contributed by atoms with van der Waals surface area (Å²) in [5.41, 5.74) is 0.936. The van der Waals surface area contributed by atoms with E-state index in [9.17, 15) is 19.8 Å². The fourth-order valence-electron chi connectivity index (χ4n) is 3.71. The maximum absolute atomic E-state index is 12.4. The lowest BCUT2D eigenvalue weighted by atomic mass is 10.0. The second kappa shape index (κ2) is 9.40. The van der Waals surface area contributed by atoms with Crippen LogP contribution in [0.4, 0.5) is 0 Å². The summed E-state index contributed by atoms with van der Waals surface area (Å²) in [7, 11) is 0. The highest BCUT2D eigenvalue weighted by molar-refractivity contribution is 5.30. The fourth-order valence-corrected chi connectivity index (χ4v) is 3.71. The van der Waals surface area contributed by atoms with Gasteiger partial charge in [-0.05, 0) is 11.1 Å². The number of aromatic nitrogens is 2. The molecule has 0 unspecified atom stereocenters. The molecule has 8 heteroatoms. The van der Waals surface area contributed by atoms with Gasteiger partial charge in [0.05, 0.1) is 24.9 Å². The van der Waals surface area contributed by atoms with Crippen molar-refractivity contribution in [3.63, 3.8) is 0 Å². The minimum Gasteiger partial charge on any atom is -0.394 e. The number of aliphatic hydroxyl groups excluding tert-OH is 2. The van der Waals surface area contributed by atoms with Crippen molar-refractivity contribution in [1.82, 2.24) is 9.55 Å². The molecule has 1 aromatic heterocycles. The molecule has 162 valence electrons. The zero-order chi connectivity index (χ0) is 21.8. The second-order valence-electron chi connectivity index (χ2n) is 7.45. The van der Waals surface area contributed by atoms with Crippen LogP contribution < -0.4 is 11.2 Å². The summed E-state index contributed by atoms with van der Waals surface area (Å²) in [6.45, 7) is -0.398. The first kappa shape index (κ1) is 21.2. The molecule has 2 heterocycles. The molecule has 0 aliphatic carbocycles. The van der Waals surface area contributed by atoms with Crippen LogP contribution in [0.15, 0.2) is 76.4 Å². The average molecular weight is 424 g/mol. The van der Waals surface area contributed by atoms with Gasteiger partial charge in [0.1, 0.15) is 18.4 Å². The Labute approximate surface area is 178 Å². The third-order valence-corrected chi connectivity index (χ3v) is 5.35. The minimum absolute atomic E-state index is 0.0389. The van der Waals surface area contributed by atoms with Crippen LogP contribution in [-0.4, -0.2) is 38.6 Å². The average Bonchev–Trinajstić information content (AvgIpc) is 3.17. The van der Waals surface area contributed by atoms with Crippen molar-refractivity contribution in [2.45, 2.75) is 37.6 Å². The number of nitrogens with one attached hydrogen (secondary N) is 1. The topological polar surface area (TPSA) is 114 Å². The Bertz CT molecular complexity index is 1070. The van der Waals surface area contributed by atoms with Gasteiger partial charge in [0.25, 0.3) is 5.56 Å². The van der Waals surface area contributed by atoms with Crippen LogP contribution in [0.2, 0.25) is 0 Å². The molecule has 3 aromatic rings. The van der Waals surface area contributed by atoms with E-state index in [4.69, 9.17) is 9.47 Å². The van der Waals surface area contributed by atoms with E-state index < -0.39 is 35.8 Å². The van der Waals surface area contributed by atoms with Crippen molar-refractivity contribution in [3.8, 4) is 0 Å². The molecule has 1 aliphatic heterocycles. The lowest BCUT2D eigenvalue weighted by molar-refractivity contribution is -0.0461. The van der Waals surface area contributed by atoms with Crippen molar-refractivity contribution >= 4 is 0 Å². The van der Waals surface area contributed by atoms with E-state index in [0.717, 1.165) is 11.1 Å². The first-order valence-corrected chi connectivity index (χ1v) is 10.1. The minimum atomic E-state index is -0.894. The second-order valence-corrected chi connectivity index (χ2v) is 7.45. The third-order valence-electron chi connectivity index (χ3n) is 5.35. The maximum atomic E-state index is 12.4. The Morgan fingerprint density at radius 3 is 2.23 bits per heavy atom. The van der Waals surface area contributed by atoms with Crippen LogP contribution in [0.25, 0.3) is 0 Å². The highest BCUT2D eigenvalue weighted by Gasteiger charge is 2.35. The summed E-state index contributed by atoms with van der Waals surface area (Å²) in [6, 6.07) is 19.3. The SMILES string of the molecule is O=c1[nH]c(=O)n([C@H]2C[C@H](O)[C@@H](CO)O2)cc1COC(c1ccccc1)c1ccccc1. The van der Waals surface area contributed by atoms with Crippen molar-refractivity contribution in [2.24, 2.45) is 0 Å². The van der Waals surface area contributed by atoms with Crippen LogP contribution in [-0.2, 0) is 16.1 Å². The summed E-state index contributed by atoms with van der Waals surface area (Å²) in [5.74, 6) is 0. The molecule has 31 heavy (non-hydrogen) atoms. The highest BCUT2D eigenvalue weighted by Crippen LogP contribution is 2.28. The van der Waals surface area contributed by atoms with Crippen molar-refractivity contribution in [1.29, 1.82) is 0 Å². The Kier molecular flexibility index (Phi) is 6.43. The molecule has 0 bridgehead atoms. The predicted octanol–water partition coefficient (Wildman–Crippen LogP) is 1.48. The van der Waals surface area contributed by atoms with Gasteiger partial charge in [-0.3, -0.25) is 14.3 Å². The van der Waals surface area contributed by atoms with Gasteiger partial charge in [-0.1, -0.05) is 60.7 Å². The molecule has 0 saturated carbocycles. The predicted molar refractivity (Wildman–Crippen MR) is 112 cm³/mol. The van der Waals surface area contributed by atoms with Crippen LogP contribution in [0.3, 0.4) is 0 Å². The van der Waals surface area contributed by atoms with Gasteiger partial charge in [-0.25, -0.2) is 4.79 Å². The Morgan fingerprint density at radius 1 is 1.06 bits per heavy atom. The molecule has 1 saturated heterocycles. The van der Waals surface area contributed by atoms with E-state index in [1.165, 1.54) is 10.8 Å². The van der Waals surface area contributed by atoms with Gasteiger partial charge in [0, 0.05) is 12.6 Å². The molecule has 2 aromatic carbocycles. The van der Waals surface area contributed by atoms with Crippen LogP contribution in [0.1, 0.15) is 35.4 Å². The lowest BCUT2D eigenvalue weighted by Crippen LogP contribution is -2.34. The summed E-state index contributed by atoms with van der Waals surface area (Å²) < 4.78 is 12.9. The standard InChI is InChI=1S/C23H24N2O6/c26-13-19-18(27)11-20(31-19)25-12-17(22(28)24-23(25)29)14-30-21(15-7-3-1-4-8-15)16-9-5-2-6-10-16/h1-10,12,18-21,26-27H,11,13-14H2,(H,24,28,29)/t18-,19+,20+/m0/s1. The van der Waals surface area contributed by atoms with Crippen molar-refractivity contribution in [3.05, 3.63) is 104 Å². The zero-order valence-electron chi connectivity index (χ0n) is 16.8. The van der Waals surface area contributed by atoms with Crippen molar-refractivity contribution in [2.75, 3.05) is 6.61 Å². The van der Waals surface area contributed by atoms with Gasteiger partial charge in [0.15, 0.2) is 0 Å². The smallest absolute Gasteiger partial charge is 0.330 e. The summed E-state index contributed by atoms with van der Waals surface area (Å²) in [6.07, 6.45) is -1.32. The Balaban J connectivity index is 1.60. The largest absolute Gasteiger partial charge is 0.394 e. The number of benzene rings is 2. The van der Waals surface area contributed by atoms with Crippen LogP contribution in [0, 0.1) is 0 Å². The van der Waals surface area contributed by atoms with E-state index >= 15 is 0 Å². The molecule has 1 aliphatic rings. The fraction of sp³-hybridized carbons (Fsp3) is 0.304. The number of nitrogens with zero attached hydrogens (tertiary/aromatic N) is 1. The lowest BCUT2D eigenvalue weighted by Gasteiger charge is -2.20. The zero-order valence-corrected chi connectivity index (χ0v) is 16.8. The van der Waals surface area contributed by atoms with E-state index in [1.807, 2.05) is 60.7 Å². The van der Waals surface area contributed by atoms with Gasteiger partial charge in [-0.2, -0.15) is 0 Å². The van der Waals surface area contributed by atoms with Gasteiger partial charge in [-0.15, -0.1) is 0 Å². The molecule has 3 atom stereocenters. The normalized spacial score (nSPS) is 20.9. The molecule has 8 nitrogen and oxygen atoms in total. The van der Waals surface area contributed by atoms with Crippen LogP contribution >= 0.6 is 0 Å². The van der Waals surface area contributed by atoms with Gasteiger partial charge < -0.3 is 19.7 Å². The third kappa shape index (κ3) is 4.67. The molecule has 0 radical (unpaired) electrons. The first-order valence-electron chi connectivity index (χ1n) is 10.1. The van der Waals surface area contributed by atoms with Crippen molar-refractivity contribution < 1.29 is 19.7 Å². The number of hydrogen-bond donors (Lipinski definition) is 3. The molecular weight excluding hydrogens is 400 g/mol. The molecule has 0 spiro atoms. The van der Waals surface area contributed by atoms with E-state index in [-0.39, 0.29) is 25.2 Å². The molecule has 1 fully saturated rings. The number of aliphatic hydroxyl groups is 2. The number of rotatable bonds is 7. The number of H-pyrrole nitrogens is 1. The molecular formula is C23H24N2O6. The monoisotopic (exact) mass is 424 g/mol. The molecule has 0 amide bonds. The Hall–Kier alpha value is -3.04.